The number of anilines is 1. The summed E-state index contributed by atoms with van der Waals surface area (Å²) in [7, 11) is 0. The molecule has 2 aromatic rings. The van der Waals surface area contributed by atoms with Gasteiger partial charge in [0.2, 0.25) is 11.8 Å². The lowest BCUT2D eigenvalue weighted by Crippen LogP contribution is -2.55. The predicted octanol–water partition coefficient (Wildman–Crippen LogP) is 1.63. The Bertz CT molecular complexity index is 911. The largest absolute Gasteiger partial charge is 0.492 e. The molecule has 1 aromatic carbocycles. The van der Waals surface area contributed by atoms with Gasteiger partial charge in [0.25, 0.3) is 0 Å². The van der Waals surface area contributed by atoms with Crippen LogP contribution in [0, 0.1) is 5.82 Å². The monoisotopic (exact) mass is 434 g/mol. The lowest BCUT2D eigenvalue weighted by Gasteiger charge is -2.39. The molecule has 2 saturated heterocycles. The van der Waals surface area contributed by atoms with Gasteiger partial charge < -0.3 is 29.6 Å². The smallest absolute Gasteiger partial charge is 0.435 e. The highest BCUT2D eigenvalue weighted by atomic mass is 19.1. The number of piperazine rings is 1. The Morgan fingerprint density at radius 3 is 2.48 bits per heavy atom. The van der Waals surface area contributed by atoms with Crippen molar-refractivity contribution < 1.29 is 29.0 Å². The zero-order valence-corrected chi connectivity index (χ0v) is 17.4. The number of amides is 1. The summed E-state index contributed by atoms with van der Waals surface area (Å²) in [6.07, 6.45) is -0.671. The highest BCUT2D eigenvalue weighted by molar-refractivity contribution is 5.68. The number of benzene rings is 1. The number of carbonyl (C=O) groups excluding carboxylic acids is 1. The summed E-state index contributed by atoms with van der Waals surface area (Å²) >= 11 is 0. The van der Waals surface area contributed by atoms with Gasteiger partial charge in [-0.05, 0) is 19.1 Å². The van der Waals surface area contributed by atoms with E-state index in [4.69, 9.17) is 9.57 Å². The maximum absolute atomic E-state index is 14.7. The van der Waals surface area contributed by atoms with Crippen LogP contribution in [0.2, 0.25) is 0 Å². The summed E-state index contributed by atoms with van der Waals surface area (Å²) in [5.74, 6) is -0.974. The fourth-order valence-electron chi connectivity index (χ4n) is 4.00. The van der Waals surface area contributed by atoms with Gasteiger partial charge in [0, 0.05) is 68.7 Å². The molecule has 1 amide bonds. The summed E-state index contributed by atoms with van der Waals surface area (Å²) in [4.78, 5) is 23.3. The molecule has 0 bridgehead atoms. The molecule has 2 N–H and O–H groups in total. The van der Waals surface area contributed by atoms with E-state index >= 15 is 0 Å². The Kier molecular flexibility index (Phi) is 6.19. The van der Waals surface area contributed by atoms with Crippen LogP contribution >= 0.6 is 0 Å². The second-order valence-electron chi connectivity index (χ2n) is 7.85. The molecule has 1 unspecified atom stereocenters. The molecule has 2 fully saturated rings. The number of hydrogen-bond acceptors (Lipinski definition) is 7. The molecule has 168 valence electrons. The Morgan fingerprint density at radius 2 is 1.84 bits per heavy atom. The van der Waals surface area contributed by atoms with E-state index in [1.165, 1.54) is 17.0 Å². The second-order valence-corrected chi connectivity index (χ2v) is 7.85. The number of aromatic nitrogens is 1. The van der Waals surface area contributed by atoms with Crippen LogP contribution in [-0.4, -0.2) is 82.8 Å². The van der Waals surface area contributed by atoms with E-state index in [1.54, 1.807) is 6.07 Å². The van der Waals surface area contributed by atoms with E-state index in [0.717, 1.165) is 18.8 Å². The molecular formula is C21H27FN4O5. The SMILES string of the molecule is CC1CN(Cc2ccc(N3CCOCC3)cc2F)CCN1C(=O)On1c(O)ccc1O. The minimum absolute atomic E-state index is 0.184. The maximum Gasteiger partial charge on any atom is 0.435 e. The lowest BCUT2D eigenvalue weighted by atomic mass is 10.1. The number of ether oxygens (including phenoxy) is 1. The Labute approximate surface area is 179 Å². The maximum atomic E-state index is 14.7. The van der Waals surface area contributed by atoms with Crippen molar-refractivity contribution in [1.82, 2.24) is 14.5 Å². The summed E-state index contributed by atoms with van der Waals surface area (Å²) in [5.41, 5.74) is 1.48. The molecule has 0 spiro atoms. The molecule has 0 aliphatic carbocycles. The van der Waals surface area contributed by atoms with Gasteiger partial charge in [0.05, 0.1) is 13.2 Å². The van der Waals surface area contributed by atoms with Gasteiger partial charge >= 0.3 is 6.09 Å². The molecular weight excluding hydrogens is 407 g/mol. The second kappa shape index (κ2) is 9.03. The van der Waals surface area contributed by atoms with Gasteiger partial charge in [-0.3, -0.25) is 4.90 Å². The molecule has 31 heavy (non-hydrogen) atoms. The van der Waals surface area contributed by atoms with Crippen molar-refractivity contribution in [2.24, 2.45) is 0 Å². The lowest BCUT2D eigenvalue weighted by molar-refractivity contribution is 0.0354. The Hall–Kier alpha value is -2.98. The number of nitrogens with zero attached hydrogens (tertiary/aromatic N) is 4. The van der Waals surface area contributed by atoms with Crippen LogP contribution in [0.1, 0.15) is 12.5 Å². The number of carbonyl (C=O) groups is 1. The summed E-state index contributed by atoms with van der Waals surface area (Å²) in [5, 5.41) is 19.3. The normalized spacial score (nSPS) is 20.1. The van der Waals surface area contributed by atoms with Crippen LogP contribution in [0.5, 0.6) is 11.8 Å². The van der Waals surface area contributed by atoms with Crippen molar-refractivity contribution in [2.45, 2.75) is 19.5 Å². The average molecular weight is 434 g/mol. The first-order chi connectivity index (χ1) is 14.9. The van der Waals surface area contributed by atoms with E-state index in [-0.39, 0.29) is 23.6 Å². The van der Waals surface area contributed by atoms with Gasteiger partial charge in [0.15, 0.2) is 0 Å². The number of hydrogen-bond donors (Lipinski definition) is 2. The molecule has 9 nitrogen and oxygen atoms in total. The van der Waals surface area contributed by atoms with Gasteiger partial charge in [0.1, 0.15) is 5.82 Å². The van der Waals surface area contributed by atoms with Gasteiger partial charge in [-0.2, -0.15) is 0 Å². The predicted molar refractivity (Wildman–Crippen MR) is 111 cm³/mol. The van der Waals surface area contributed by atoms with E-state index in [1.807, 2.05) is 19.1 Å². The van der Waals surface area contributed by atoms with Crippen molar-refractivity contribution in [1.29, 1.82) is 0 Å². The van der Waals surface area contributed by atoms with Gasteiger partial charge in [-0.25, -0.2) is 9.18 Å². The van der Waals surface area contributed by atoms with Gasteiger partial charge in [-0.15, -0.1) is 4.73 Å². The standard InChI is InChI=1S/C21H27FN4O5/c1-15-13-23(6-7-25(15)21(29)31-26-19(27)4-5-20(26)28)14-16-2-3-17(12-18(16)22)24-8-10-30-11-9-24/h2-5,12,15,27-28H,6-11,13-14H2,1H3. The van der Waals surface area contributed by atoms with E-state index < -0.39 is 6.09 Å². The first-order valence-electron chi connectivity index (χ1n) is 10.3. The fourth-order valence-corrected chi connectivity index (χ4v) is 4.00. The topological polar surface area (TPSA) is 90.6 Å². The van der Waals surface area contributed by atoms with E-state index in [0.29, 0.717) is 49.7 Å². The summed E-state index contributed by atoms with van der Waals surface area (Å²) in [6.45, 7) is 6.62. The summed E-state index contributed by atoms with van der Waals surface area (Å²) < 4.78 is 20.8. The minimum Gasteiger partial charge on any atom is -0.492 e. The zero-order chi connectivity index (χ0) is 22.0. The molecule has 2 aliphatic heterocycles. The van der Waals surface area contributed by atoms with Crippen LogP contribution in [0.4, 0.5) is 14.9 Å². The van der Waals surface area contributed by atoms with Crippen LogP contribution in [-0.2, 0) is 11.3 Å². The number of aromatic hydroxyl groups is 2. The van der Waals surface area contributed by atoms with Crippen LogP contribution in [0.3, 0.4) is 0 Å². The van der Waals surface area contributed by atoms with Crippen molar-refractivity contribution in [3.8, 4) is 11.8 Å². The van der Waals surface area contributed by atoms with Crippen molar-refractivity contribution in [3.63, 3.8) is 0 Å². The Morgan fingerprint density at radius 1 is 1.13 bits per heavy atom. The summed E-state index contributed by atoms with van der Waals surface area (Å²) in [6, 6.07) is 7.61. The fraction of sp³-hybridized carbons (Fsp3) is 0.476. The van der Waals surface area contributed by atoms with Crippen molar-refractivity contribution in [2.75, 3.05) is 50.8 Å². The molecule has 0 saturated carbocycles. The third kappa shape index (κ3) is 4.70. The quantitative estimate of drug-likeness (QED) is 0.756. The average Bonchev–Trinajstić information content (AvgIpc) is 3.08. The van der Waals surface area contributed by atoms with Crippen LogP contribution < -0.4 is 9.74 Å². The number of morpholine rings is 1. The van der Waals surface area contributed by atoms with Crippen molar-refractivity contribution >= 4 is 11.8 Å². The molecule has 3 heterocycles. The minimum atomic E-state index is -0.671. The molecule has 1 aromatic heterocycles. The first kappa shape index (κ1) is 21.3. The van der Waals surface area contributed by atoms with Gasteiger partial charge in [-0.1, -0.05) is 6.07 Å². The first-order valence-corrected chi connectivity index (χ1v) is 10.3. The van der Waals surface area contributed by atoms with Crippen LogP contribution in [0.15, 0.2) is 30.3 Å². The number of halogens is 1. The van der Waals surface area contributed by atoms with Crippen LogP contribution in [0.25, 0.3) is 0 Å². The molecule has 10 heteroatoms. The third-order valence-corrected chi connectivity index (χ3v) is 5.72. The molecule has 2 aliphatic rings. The molecule has 4 rings (SSSR count). The number of rotatable bonds is 4. The molecule has 0 radical (unpaired) electrons. The van der Waals surface area contributed by atoms with Crippen molar-refractivity contribution in [3.05, 3.63) is 41.7 Å². The molecule has 1 atom stereocenters. The highest BCUT2D eigenvalue weighted by Crippen LogP contribution is 2.23. The zero-order valence-electron chi connectivity index (χ0n) is 17.4. The highest BCUT2D eigenvalue weighted by Gasteiger charge is 2.30. The van der Waals surface area contributed by atoms with E-state index in [2.05, 4.69) is 9.80 Å². The van der Waals surface area contributed by atoms with E-state index in [9.17, 15) is 19.4 Å². The Balaban J connectivity index is 1.34. The third-order valence-electron chi connectivity index (χ3n) is 5.72.